The molecular weight excluding hydrogens is 113 g/mol. The van der Waals surface area contributed by atoms with Crippen LogP contribution in [0.4, 0.5) is 0 Å². The number of hydrogen-bond acceptors (Lipinski definition) is 2. The lowest BCUT2D eigenvalue weighted by molar-refractivity contribution is 0.492. The van der Waals surface area contributed by atoms with Crippen LogP contribution in [-0.2, 0) is 4.57 Å². The van der Waals surface area contributed by atoms with E-state index in [1.807, 2.05) is 0 Å². The van der Waals surface area contributed by atoms with Crippen molar-refractivity contribution in [3.05, 3.63) is 0 Å². The zero-order valence-electron chi connectivity index (χ0n) is 4.33. The lowest BCUT2D eigenvalue weighted by Crippen LogP contribution is -1.62. The van der Waals surface area contributed by atoms with Crippen LogP contribution in [0.15, 0.2) is 0 Å². The number of nitriles is 1. The van der Waals surface area contributed by atoms with Crippen LogP contribution in [0.1, 0.15) is 0 Å². The predicted molar refractivity (Wildman–Crippen MR) is 28.3 cm³/mol. The van der Waals surface area contributed by atoms with Gasteiger partial charge in [0.1, 0.15) is 0 Å². The molecule has 0 fully saturated rings. The maximum atomic E-state index is 9.77. The van der Waals surface area contributed by atoms with Crippen LogP contribution in [0, 0.1) is 11.8 Å². The van der Waals surface area contributed by atoms with Crippen molar-refractivity contribution >= 4 is 7.37 Å². The van der Waals surface area contributed by atoms with E-state index < -0.39 is 7.37 Å². The second-order valence-electron chi connectivity index (χ2n) is 1.29. The van der Waals surface area contributed by atoms with E-state index in [4.69, 9.17) is 10.2 Å². The van der Waals surface area contributed by atoms with E-state index in [9.17, 15) is 4.57 Å². The van der Waals surface area contributed by atoms with Crippen LogP contribution in [0.5, 0.6) is 0 Å². The summed E-state index contributed by atoms with van der Waals surface area (Å²) in [5.41, 5.74) is 0. The van der Waals surface area contributed by atoms with Crippen molar-refractivity contribution in [1.29, 1.82) is 5.26 Å². The minimum absolute atomic E-state index is 1.30. The van der Waals surface area contributed by atoms with E-state index in [-0.39, 0.29) is 0 Å². The minimum atomic E-state index is -2.64. The van der Waals surface area contributed by atoms with Gasteiger partial charge >= 0.3 is 0 Å². The molecule has 0 radical (unpaired) electrons. The van der Waals surface area contributed by atoms with Gasteiger partial charge in [-0.05, 0) is 0 Å². The molecule has 0 aliphatic rings. The van der Waals surface area contributed by atoms with Crippen molar-refractivity contribution in [2.24, 2.45) is 0 Å². The Morgan fingerprint density at radius 2 is 1.57 bits per heavy atom. The molecule has 0 saturated carbocycles. The third kappa shape index (κ3) is 751. The van der Waals surface area contributed by atoms with Crippen molar-refractivity contribution in [3.8, 4) is 6.57 Å². The maximum absolute atomic E-state index is 9.77. The Kier molecular flexibility index (Phi) is 5.42. The Bertz CT molecular complexity index is 84.1. The number of rotatable bonds is 0. The Morgan fingerprint density at radius 3 is 1.57 bits per heavy atom. The molecule has 0 heterocycles. The van der Waals surface area contributed by atoms with Crippen LogP contribution in [0.3, 0.4) is 0 Å². The molecule has 0 amide bonds. The largest absolute Gasteiger partial charge is 0.345 e. The van der Waals surface area contributed by atoms with Crippen LogP contribution in [-0.4, -0.2) is 18.2 Å². The molecule has 7 heavy (non-hydrogen) atoms. The molecule has 0 saturated heterocycles. The summed E-state index contributed by atoms with van der Waals surface area (Å²) >= 11 is 0. The minimum Gasteiger partial charge on any atom is -0.345 e. The monoisotopic (exact) mass is 121 g/mol. The van der Waals surface area contributed by atoms with Crippen molar-refractivity contribution in [1.82, 2.24) is 0 Å². The van der Waals surface area contributed by atoms with Gasteiger partial charge in [-0.15, -0.1) is 0 Å². The molecular formula is C3H8NO2P. The third-order valence-corrected chi connectivity index (χ3v) is 0. The molecule has 3 nitrogen and oxygen atoms in total. The molecule has 0 aromatic rings. The summed E-state index contributed by atoms with van der Waals surface area (Å²) in [6.45, 7) is 6.10. The van der Waals surface area contributed by atoms with Gasteiger partial charge < -0.3 is 4.89 Å². The fourth-order valence-electron chi connectivity index (χ4n) is 0. The van der Waals surface area contributed by atoms with Gasteiger partial charge in [-0.1, -0.05) is 0 Å². The molecule has 0 spiro atoms. The standard InChI is InChI=1S/C2H7O2P.CHN/c1-5(2,3)4;1-2/h1-2H3,(H,3,4);1H. The summed E-state index contributed by atoms with van der Waals surface area (Å²) in [4.78, 5) is 8.08. The van der Waals surface area contributed by atoms with Crippen LogP contribution in [0.2, 0.25) is 0 Å². The second kappa shape index (κ2) is 3.86. The van der Waals surface area contributed by atoms with E-state index >= 15 is 0 Å². The van der Waals surface area contributed by atoms with Crippen molar-refractivity contribution < 1.29 is 9.46 Å². The van der Waals surface area contributed by atoms with Gasteiger partial charge in [-0.3, -0.25) is 4.57 Å². The molecule has 0 atom stereocenters. The van der Waals surface area contributed by atoms with Gasteiger partial charge in [-0.2, -0.15) is 0 Å². The second-order valence-corrected chi connectivity index (χ2v) is 3.88. The van der Waals surface area contributed by atoms with Crippen LogP contribution in [0.25, 0.3) is 0 Å². The highest BCUT2D eigenvalue weighted by Crippen LogP contribution is 2.27. The lowest BCUT2D eigenvalue weighted by atomic mass is 11.9. The molecule has 1 N–H and O–H groups in total. The Hall–Kier alpha value is -0.320. The van der Waals surface area contributed by atoms with Gasteiger partial charge in [0.2, 0.25) is 0 Å². The first-order chi connectivity index (χ1) is 3.00. The highest BCUT2D eigenvalue weighted by Gasteiger charge is 1.92. The van der Waals surface area contributed by atoms with Gasteiger partial charge in [0.05, 0.1) is 0 Å². The van der Waals surface area contributed by atoms with Gasteiger partial charge in [0.15, 0.2) is 7.37 Å². The molecule has 4 heteroatoms. The van der Waals surface area contributed by atoms with Crippen molar-refractivity contribution in [2.75, 3.05) is 13.3 Å². The summed E-state index contributed by atoms with van der Waals surface area (Å²) in [7, 11) is -2.64. The Morgan fingerprint density at radius 1 is 1.57 bits per heavy atom. The maximum Gasteiger partial charge on any atom is 0.194 e. The average Bonchev–Trinajstić information content (AvgIpc) is 1.36. The lowest BCUT2D eigenvalue weighted by Gasteiger charge is -1.86. The molecule has 0 aliphatic carbocycles. The van der Waals surface area contributed by atoms with E-state index in [1.54, 1.807) is 0 Å². The van der Waals surface area contributed by atoms with E-state index in [1.165, 1.54) is 13.3 Å². The molecule has 42 valence electrons. The summed E-state index contributed by atoms with van der Waals surface area (Å²) in [6, 6.07) is 0. The Balaban J connectivity index is 0. The van der Waals surface area contributed by atoms with E-state index in [0.29, 0.717) is 0 Å². The SMILES string of the molecule is C#N.CP(C)(=O)O. The molecule has 0 unspecified atom stereocenters. The zero-order valence-corrected chi connectivity index (χ0v) is 5.22. The highest BCUT2D eigenvalue weighted by atomic mass is 31.2. The van der Waals surface area contributed by atoms with Crippen molar-refractivity contribution in [2.45, 2.75) is 0 Å². The number of hydrogen-bond donors (Lipinski definition) is 1. The smallest absolute Gasteiger partial charge is 0.194 e. The molecule has 0 rings (SSSR count). The van der Waals surface area contributed by atoms with Crippen LogP contribution >= 0.6 is 7.37 Å². The zero-order chi connectivity index (χ0) is 6.50. The molecule has 0 bridgehead atoms. The summed E-state index contributed by atoms with van der Waals surface area (Å²) in [5, 5.41) is 6.50. The molecule has 0 aromatic carbocycles. The molecule has 0 aliphatic heterocycles. The predicted octanol–water partition coefficient (Wildman–Crippen LogP) is 0.656. The number of nitrogens with zero attached hydrogens (tertiary/aromatic N) is 1. The Labute approximate surface area is 43.0 Å². The van der Waals surface area contributed by atoms with Crippen LogP contribution < -0.4 is 0 Å². The first-order valence-corrected chi connectivity index (χ1v) is 4.09. The average molecular weight is 121 g/mol. The van der Waals surface area contributed by atoms with Crippen molar-refractivity contribution in [3.63, 3.8) is 0 Å². The normalized spacial score (nSPS) is 8.71. The van der Waals surface area contributed by atoms with E-state index in [0.717, 1.165) is 0 Å². The topological polar surface area (TPSA) is 61.1 Å². The quantitative estimate of drug-likeness (QED) is 0.479. The summed E-state index contributed by atoms with van der Waals surface area (Å²) in [5.74, 6) is 0. The molecule has 0 aromatic heterocycles. The third-order valence-electron chi connectivity index (χ3n) is 0. The van der Waals surface area contributed by atoms with Gasteiger partial charge in [0.25, 0.3) is 0 Å². The summed E-state index contributed by atoms with van der Waals surface area (Å²) in [6.07, 6.45) is 0. The van der Waals surface area contributed by atoms with Gasteiger partial charge in [-0.25, -0.2) is 5.26 Å². The summed E-state index contributed by atoms with van der Waals surface area (Å²) < 4.78 is 9.77. The highest BCUT2D eigenvalue weighted by molar-refractivity contribution is 7.56. The van der Waals surface area contributed by atoms with E-state index in [2.05, 4.69) is 6.57 Å². The fraction of sp³-hybridized carbons (Fsp3) is 0.667. The van der Waals surface area contributed by atoms with Gasteiger partial charge in [0, 0.05) is 19.9 Å². The first kappa shape index (κ1) is 9.84. The first-order valence-electron chi connectivity index (χ1n) is 1.54. The fourth-order valence-corrected chi connectivity index (χ4v) is 0.